The van der Waals surface area contributed by atoms with Crippen LogP contribution in [0.1, 0.15) is 26.5 Å². The van der Waals surface area contributed by atoms with E-state index in [2.05, 4.69) is 10.6 Å². The monoisotopic (exact) mass is 374 g/mol. The van der Waals surface area contributed by atoms with E-state index < -0.39 is 29.0 Å². The number of rotatable bonds is 5. The predicted octanol–water partition coefficient (Wildman–Crippen LogP) is 3.88. The zero-order chi connectivity index (χ0) is 19.4. The third kappa shape index (κ3) is 4.17. The van der Waals surface area contributed by atoms with Crippen LogP contribution in [0, 0.1) is 17.5 Å². The minimum Gasteiger partial charge on any atom is -0.467 e. The number of amides is 2. The minimum atomic E-state index is -1.67. The second-order valence-corrected chi connectivity index (χ2v) is 5.52. The lowest BCUT2D eigenvalue weighted by atomic mass is 10.1. The maximum absolute atomic E-state index is 13.6. The molecule has 8 heteroatoms. The van der Waals surface area contributed by atoms with Gasteiger partial charge in [-0.1, -0.05) is 0 Å². The first-order valence-corrected chi connectivity index (χ1v) is 7.81. The molecular weight excluding hydrogens is 361 g/mol. The van der Waals surface area contributed by atoms with Crippen molar-refractivity contribution in [1.82, 2.24) is 5.32 Å². The second-order valence-electron chi connectivity index (χ2n) is 5.52. The third-order valence-corrected chi connectivity index (χ3v) is 3.70. The molecule has 3 rings (SSSR count). The number of halogens is 3. The fourth-order valence-corrected chi connectivity index (χ4v) is 2.27. The lowest BCUT2D eigenvalue weighted by molar-refractivity contribution is 0.0946. The average Bonchev–Trinajstić information content (AvgIpc) is 3.20. The molecule has 0 radical (unpaired) electrons. The molecule has 2 aromatic carbocycles. The smallest absolute Gasteiger partial charge is 0.255 e. The Balaban J connectivity index is 1.65. The van der Waals surface area contributed by atoms with Crippen LogP contribution in [-0.2, 0) is 6.54 Å². The lowest BCUT2D eigenvalue weighted by Gasteiger charge is -2.08. The molecule has 3 aromatic rings. The van der Waals surface area contributed by atoms with Gasteiger partial charge in [-0.2, -0.15) is 0 Å². The van der Waals surface area contributed by atoms with Crippen molar-refractivity contribution in [3.05, 3.63) is 89.1 Å². The van der Waals surface area contributed by atoms with Crippen molar-refractivity contribution in [2.45, 2.75) is 6.54 Å². The van der Waals surface area contributed by atoms with E-state index in [1.807, 2.05) is 0 Å². The van der Waals surface area contributed by atoms with Crippen LogP contribution in [0.25, 0.3) is 0 Å². The number of carbonyl (C=O) groups excluding carboxylic acids is 2. The van der Waals surface area contributed by atoms with E-state index >= 15 is 0 Å². The summed E-state index contributed by atoms with van der Waals surface area (Å²) < 4.78 is 44.9. The molecule has 27 heavy (non-hydrogen) atoms. The zero-order valence-electron chi connectivity index (χ0n) is 13.8. The Kier molecular flexibility index (Phi) is 5.25. The minimum absolute atomic E-state index is 0.113. The van der Waals surface area contributed by atoms with E-state index in [4.69, 9.17) is 4.42 Å². The molecule has 1 aromatic heterocycles. The number of nitrogens with one attached hydrogen (secondary N) is 2. The van der Waals surface area contributed by atoms with Crippen molar-refractivity contribution in [2.24, 2.45) is 0 Å². The van der Waals surface area contributed by atoms with Gasteiger partial charge in [0.15, 0.2) is 17.5 Å². The molecule has 0 spiro atoms. The summed E-state index contributed by atoms with van der Waals surface area (Å²) in [6.07, 6.45) is 1.49. The summed E-state index contributed by atoms with van der Waals surface area (Å²) in [5.41, 5.74) is -0.0713. The number of benzene rings is 2. The first kappa shape index (κ1) is 18.2. The van der Waals surface area contributed by atoms with E-state index in [0.717, 1.165) is 6.07 Å². The SMILES string of the molecule is O=C(NCc1ccco1)c1ccc(C(=O)Nc2ccc(F)c(F)c2F)cc1. The highest BCUT2D eigenvalue weighted by Gasteiger charge is 2.16. The van der Waals surface area contributed by atoms with E-state index in [1.54, 1.807) is 12.1 Å². The first-order valence-electron chi connectivity index (χ1n) is 7.81. The second kappa shape index (κ2) is 7.77. The summed E-state index contributed by atoms with van der Waals surface area (Å²) in [7, 11) is 0. The van der Waals surface area contributed by atoms with Crippen molar-refractivity contribution >= 4 is 17.5 Å². The average molecular weight is 374 g/mol. The predicted molar refractivity (Wildman–Crippen MR) is 90.6 cm³/mol. The number of furan rings is 1. The van der Waals surface area contributed by atoms with Crippen LogP contribution in [0.3, 0.4) is 0 Å². The van der Waals surface area contributed by atoms with Gasteiger partial charge in [-0.25, -0.2) is 13.2 Å². The molecule has 0 unspecified atom stereocenters. The fraction of sp³-hybridized carbons (Fsp3) is 0.0526. The van der Waals surface area contributed by atoms with Gasteiger partial charge in [0.25, 0.3) is 11.8 Å². The number of anilines is 1. The normalized spacial score (nSPS) is 10.5. The molecule has 0 saturated carbocycles. The maximum atomic E-state index is 13.6. The topological polar surface area (TPSA) is 71.3 Å². The van der Waals surface area contributed by atoms with Gasteiger partial charge in [0.05, 0.1) is 18.5 Å². The van der Waals surface area contributed by atoms with Crippen LogP contribution >= 0.6 is 0 Å². The van der Waals surface area contributed by atoms with Crippen molar-refractivity contribution < 1.29 is 27.2 Å². The summed E-state index contributed by atoms with van der Waals surface area (Å²) >= 11 is 0. The molecular formula is C19H13F3N2O3. The van der Waals surface area contributed by atoms with Crippen LogP contribution in [0.4, 0.5) is 18.9 Å². The van der Waals surface area contributed by atoms with Crippen molar-refractivity contribution in [3.63, 3.8) is 0 Å². The fourth-order valence-electron chi connectivity index (χ4n) is 2.27. The van der Waals surface area contributed by atoms with Gasteiger partial charge in [0, 0.05) is 11.1 Å². The van der Waals surface area contributed by atoms with Gasteiger partial charge < -0.3 is 15.1 Å². The molecule has 0 aliphatic carbocycles. The number of hydrogen-bond acceptors (Lipinski definition) is 3. The van der Waals surface area contributed by atoms with Crippen LogP contribution < -0.4 is 10.6 Å². The quantitative estimate of drug-likeness (QED) is 0.666. The molecule has 5 nitrogen and oxygen atoms in total. The molecule has 0 aliphatic rings. The standard InChI is InChI=1S/C19H13F3N2O3/c20-14-7-8-15(17(22)16(14)21)24-19(26)12-5-3-11(4-6-12)18(25)23-10-13-2-1-9-27-13/h1-9H,10H2,(H,23,25)(H,24,26). The summed E-state index contributed by atoms with van der Waals surface area (Å²) in [4.78, 5) is 24.2. The summed E-state index contributed by atoms with van der Waals surface area (Å²) in [5, 5.41) is 4.80. The van der Waals surface area contributed by atoms with Gasteiger partial charge in [0.2, 0.25) is 0 Å². The van der Waals surface area contributed by atoms with Crippen LogP contribution in [-0.4, -0.2) is 11.8 Å². The largest absolute Gasteiger partial charge is 0.467 e. The first-order chi connectivity index (χ1) is 13.0. The summed E-state index contributed by atoms with van der Waals surface area (Å²) in [6, 6.07) is 10.6. The highest BCUT2D eigenvalue weighted by atomic mass is 19.2. The van der Waals surface area contributed by atoms with Gasteiger partial charge in [-0.05, 0) is 48.5 Å². The van der Waals surface area contributed by atoms with Crippen molar-refractivity contribution in [1.29, 1.82) is 0 Å². The Hall–Kier alpha value is -3.55. The Bertz CT molecular complexity index is 971. The van der Waals surface area contributed by atoms with Gasteiger partial charge in [-0.15, -0.1) is 0 Å². The number of hydrogen-bond donors (Lipinski definition) is 2. The van der Waals surface area contributed by atoms with E-state index in [1.165, 1.54) is 30.5 Å². The highest BCUT2D eigenvalue weighted by Crippen LogP contribution is 2.20. The molecule has 0 saturated heterocycles. The van der Waals surface area contributed by atoms with Gasteiger partial charge >= 0.3 is 0 Å². The highest BCUT2D eigenvalue weighted by molar-refractivity contribution is 6.05. The van der Waals surface area contributed by atoms with Crippen molar-refractivity contribution in [2.75, 3.05) is 5.32 Å². The summed E-state index contributed by atoms with van der Waals surface area (Å²) in [6.45, 7) is 0.212. The Morgan fingerprint density at radius 3 is 2.15 bits per heavy atom. The summed E-state index contributed by atoms with van der Waals surface area (Å²) in [5.74, 6) is -5.02. The maximum Gasteiger partial charge on any atom is 0.255 e. The molecule has 0 aliphatic heterocycles. The van der Waals surface area contributed by atoms with Gasteiger partial charge in [0.1, 0.15) is 5.76 Å². The Morgan fingerprint density at radius 2 is 1.52 bits per heavy atom. The van der Waals surface area contributed by atoms with Crippen LogP contribution in [0.5, 0.6) is 0 Å². The zero-order valence-corrected chi connectivity index (χ0v) is 13.8. The van der Waals surface area contributed by atoms with E-state index in [0.29, 0.717) is 17.4 Å². The molecule has 2 amide bonds. The number of carbonyl (C=O) groups is 2. The van der Waals surface area contributed by atoms with Crippen LogP contribution in [0.2, 0.25) is 0 Å². The van der Waals surface area contributed by atoms with Gasteiger partial charge in [-0.3, -0.25) is 9.59 Å². The molecule has 0 bridgehead atoms. The third-order valence-electron chi connectivity index (χ3n) is 3.70. The Labute approximate surface area is 151 Å². The van der Waals surface area contributed by atoms with Crippen LogP contribution in [0.15, 0.2) is 59.2 Å². The molecule has 0 fully saturated rings. The molecule has 2 N–H and O–H groups in total. The molecule has 138 valence electrons. The lowest BCUT2D eigenvalue weighted by Crippen LogP contribution is -2.22. The van der Waals surface area contributed by atoms with E-state index in [-0.39, 0.29) is 18.0 Å². The molecule has 0 atom stereocenters. The molecule has 1 heterocycles. The van der Waals surface area contributed by atoms with E-state index in [9.17, 15) is 22.8 Å². The van der Waals surface area contributed by atoms with Crippen molar-refractivity contribution in [3.8, 4) is 0 Å². The Morgan fingerprint density at radius 1 is 0.852 bits per heavy atom.